The number of benzene rings is 2. The number of nitrogens with zero attached hydrogens (tertiary/aromatic N) is 1. The van der Waals surface area contributed by atoms with Gasteiger partial charge in [0.05, 0.1) is 5.02 Å². The fraction of sp³-hybridized carbons (Fsp3) is 0.217. The Bertz CT molecular complexity index is 1160. The van der Waals surface area contributed by atoms with Crippen LogP contribution in [0.3, 0.4) is 0 Å². The maximum Gasteiger partial charge on any atom is 0.296 e. The average molecular weight is 436 g/mol. The van der Waals surface area contributed by atoms with E-state index >= 15 is 0 Å². The van der Waals surface area contributed by atoms with Gasteiger partial charge in [0.1, 0.15) is 6.04 Å². The SMILES string of the molecule is O=C(C#Cc1ccccc1Cl)NCc1ccc2c(c1)CN(C1CCC(=O)NC1=O)C2=O. The molecular formula is C23H18ClN3O4. The normalized spacial score (nSPS) is 17.5. The summed E-state index contributed by atoms with van der Waals surface area (Å²) in [5.74, 6) is 3.81. The predicted octanol–water partition coefficient (Wildman–Crippen LogP) is 1.77. The minimum Gasteiger partial charge on any atom is -0.341 e. The Hall–Kier alpha value is -3.63. The molecule has 4 amide bonds. The number of carbonyl (C=O) groups excluding carboxylic acids is 4. The van der Waals surface area contributed by atoms with E-state index in [1.165, 1.54) is 4.90 Å². The van der Waals surface area contributed by atoms with Crippen LogP contribution < -0.4 is 10.6 Å². The molecule has 0 aromatic heterocycles. The predicted molar refractivity (Wildman–Crippen MR) is 113 cm³/mol. The molecule has 2 aromatic rings. The summed E-state index contributed by atoms with van der Waals surface area (Å²) >= 11 is 6.02. The summed E-state index contributed by atoms with van der Waals surface area (Å²) in [5.41, 5.74) is 2.69. The molecular weight excluding hydrogens is 418 g/mol. The number of hydrogen-bond donors (Lipinski definition) is 2. The molecule has 2 aromatic carbocycles. The Morgan fingerprint density at radius 2 is 2.00 bits per heavy atom. The summed E-state index contributed by atoms with van der Waals surface area (Å²) in [6.07, 6.45) is 0.528. The van der Waals surface area contributed by atoms with Crippen LogP contribution in [0.4, 0.5) is 0 Å². The zero-order valence-corrected chi connectivity index (χ0v) is 17.2. The lowest BCUT2D eigenvalue weighted by molar-refractivity contribution is -0.137. The standard InChI is InChI=1S/C23H18ClN3O4/c24-18-4-2-1-3-15(18)6-9-20(28)25-12-14-5-7-17-16(11-14)13-27(23(17)31)19-8-10-21(29)26-22(19)30/h1-5,7,11,19H,8,10,12-13H2,(H,25,28)(H,26,29,30). The largest absolute Gasteiger partial charge is 0.341 e. The zero-order valence-electron chi connectivity index (χ0n) is 16.4. The van der Waals surface area contributed by atoms with Crippen molar-refractivity contribution in [1.29, 1.82) is 0 Å². The third-order valence-corrected chi connectivity index (χ3v) is 5.56. The Morgan fingerprint density at radius 3 is 2.77 bits per heavy atom. The molecule has 156 valence electrons. The Kier molecular flexibility index (Phi) is 5.74. The molecule has 1 fully saturated rings. The topological polar surface area (TPSA) is 95.6 Å². The lowest BCUT2D eigenvalue weighted by Crippen LogP contribution is -2.52. The average Bonchev–Trinajstić information content (AvgIpc) is 3.07. The van der Waals surface area contributed by atoms with E-state index in [1.54, 1.807) is 36.4 Å². The minimum atomic E-state index is -0.652. The number of amides is 4. The van der Waals surface area contributed by atoms with Crippen LogP contribution in [-0.4, -0.2) is 34.6 Å². The van der Waals surface area contributed by atoms with Crippen LogP contribution in [0, 0.1) is 11.8 Å². The lowest BCUT2D eigenvalue weighted by atomic mass is 10.0. The van der Waals surface area contributed by atoms with Gasteiger partial charge >= 0.3 is 0 Å². The second-order valence-electron chi connectivity index (χ2n) is 7.30. The quantitative estimate of drug-likeness (QED) is 0.567. The monoisotopic (exact) mass is 435 g/mol. The Morgan fingerprint density at radius 1 is 1.19 bits per heavy atom. The number of nitrogens with one attached hydrogen (secondary N) is 2. The van der Waals surface area contributed by atoms with Crippen molar-refractivity contribution in [2.75, 3.05) is 0 Å². The van der Waals surface area contributed by atoms with Gasteiger partial charge in [-0.05, 0) is 35.7 Å². The lowest BCUT2D eigenvalue weighted by Gasteiger charge is -2.29. The summed E-state index contributed by atoms with van der Waals surface area (Å²) in [4.78, 5) is 49.7. The molecule has 0 saturated carbocycles. The van der Waals surface area contributed by atoms with Gasteiger partial charge in [0.2, 0.25) is 11.8 Å². The maximum atomic E-state index is 12.7. The van der Waals surface area contributed by atoms with Gasteiger partial charge in [0.15, 0.2) is 0 Å². The van der Waals surface area contributed by atoms with Gasteiger partial charge in [0.25, 0.3) is 11.8 Å². The highest BCUT2D eigenvalue weighted by atomic mass is 35.5. The van der Waals surface area contributed by atoms with Crippen molar-refractivity contribution in [2.45, 2.75) is 32.0 Å². The van der Waals surface area contributed by atoms with E-state index in [0.717, 1.165) is 11.1 Å². The number of rotatable bonds is 3. The molecule has 1 saturated heterocycles. The molecule has 0 radical (unpaired) electrons. The van der Waals surface area contributed by atoms with Gasteiger partial charge in [-0.1, -0.05) is 41.8 Å². The molecule has 8 heteroatoms. The number of halogens is 1. The summed E-state index contributed by atoms with van der Waals surface area (Å²) in [7, 11) is 0. The first-order valence-corrected chi connectivity index (χ1v) is 10.1. The first-order valence-electron chi connectivity index (χ1n) is 9.73. The van der Waals surface area contributed by atoms with Gasteiger partial charge in [-0.3, -0.25) is 24.5 Å². The van der Waals surface area contributed by atoms with E-state index in [0.29, 0.717) is 22.6 Å². The Labute approximate surface area is 183 Å². The van der Waals surface area contributed by atoms with Gasteiger partial charge in [-0.15, -0.1) is 0 Å². The zero-order chi connectivity index (χ0) is 22.0. The van der Waals surface area contributed by atoms with Crippen molar-refractivity contribution in [3.05, 3.63) is 69.7 Å². The van der Waals surface area contributed by atoms with Gasteiger partial charge < -0.3 is 10.2 Å². The first kappa shape index (κ1) is 20.6. The van der Waals surface area contributed by atoms with Crippen LogP contribution >= 0.6 is 11.6 Å². The van der Waals surface area contributed by atoms with Gasteiger partial charge in [-0.25, -0.2) is 0 Å². The fourth-order valence-corrected chi connectivity index (χ4v) is 3.83. The van der Waals surface area contributed by atoms with Crippen molar-refractivity contribution in [3.8, 4) is 11.8 Å². The molecule has 0 bridgehead atoms. The van der Waals surface area contributed by atoms with E-state index in [9.17, 15) is 19.2 Å². The molecule has 0 spiro atoms. The second kappa shape index (κ2) is 8.62. The highest BCUT2D eigenvalue weighted by Crippen LogP contribution is 2.28. The molecule has 4 rings (SSSR count). The van der Waals surface area contributed by atoms with Crippen LogP contribution in [0.5, 0.6) is 0 Å². The molecule has 7 nitrogen and oxygen atoms in total. The van der Waals surface area contributed by atoms with E-state index in [2.05, 4.69) is 22.5 Å². The minimum absolute atomic E-state index is 0.211. The number of piperidine rings is 1. The molecule has 1 atom stereocenters. The van der Waals surface area contributed by atoms with Gasteiger partial charge in [-0.2, -0.15) is 0 Å². The maximum absolute atomic E-state index is 12.7. The van der Waals surface area contributed by atoms with Crippen molar-refractivity contribution in [3.63, 3.8) is 0 Å². The summed E-state index contributed by atoms with van der Waals surface area (Å²) < 4.78 is 0. The van der Waals surface area contributed by atoms with E-state index in [-0.39, 0.29) is 31.3 Å². The Balaban J connectivity index is 1.40. The van der Waals surface area contributed by atoms with Crippen LogP contribution in [-0.2, 0) is 27.5 Å². The number of imide groups is 1. The summed E-state index contributed by atoms with van der Waals surface area (Å²) in [6, 6.07) is 11.6. The number of carbonyl (C=O) groups is 4. The van der Waals surface area contributed by atoms with Crippen molar-refractivity contribution in [2.24, 2.45) is 0 Å². The van der Waals surface area contributed by atoms with Crippen LogP contribution in [0.1, 0.15) is 39.9 Å². The van der Waals surface area contributed by atoms with E-state index in [4.69, 9.17) is 11.6 Å². The first-order chi connectivity index (χ1) is 14.9. The van der Waals surface area contributed by atoms with Crippen LogP contribution in [0.2, 0.25) is 5.02 Å². The van der Waals surface area contributed by atoms with Crippen LogP contribution in [0.25, 0.3) is 0 Å². The third-order valence-electron chi connectivity index (χ3n) is 5.23. The van der Waals surface area contributed by atoms with Gasteiger partial charge in [0, 0.05) is 36.6 Å². The molecule has 0 aliphatic carbocycles. The summed E-state index contributed by atoms with van der Waals surface area (Å²) in [5, 5.41) is 5.48. The number of fused-ring (bicyclic) bond motifs is 1. The molecule has 2 aliphatic rings. The highest BCUT2D eigenvalue weighted by molar-refractivity contribution is 6.31. The third kappa shape index (κ3) is 4.44. The summed E-state index contributed by atoms with van der Waals surface area (Å²) in [6.45, 7) is 0.532. The van der Waals surface area contributed by atoms with Crippen LogP contribution in [0.15, 0.2) is 42.5 Å². The molecule has 2 aliphatic heterocycles. The van der Waals surface area contributed by atoms with Crippen molar-refractivity contribution in [1.82, 2.24) is 15.5 Å². The van der Waals surface area contributed by atoms with Crippen molar-refractivity contribution >= 4 is 35.2 Å². The molecule has 2 heterocycles. The highest BCUT2D eigenvalue weighted by Gasteiger charge is 2.38. The van der Waals surface area contributed by atoms with E-state index < -0.39 is 17.9 Å². The number of hydrogen-bond acceptors (Lipinski definition) is 4. The molecule has 31 heavy (non-hydrogen) atoms. The molecule has 2 N–H and O–H groups in total. The smallest absolute Gasteiger partial charge is 0.296 e. The molecule has 1 unspecified atom stereocenters. The fourth-order valence-electron chi connectivity index (χ4n) is 3.65. The second-order valence-corrected chi connectivity index (χ2v) is 7.71. The van der Waals surface area contributed by atoms with Crippen molar-refractivity contribution < 1.29 is 19.2 Å². The van der Waals surface area contributed by atoms with E-state index in [1.807, 2.05) is 6.07 Å².